The van der Waals surface area contributed by atoms with Crippen LogP contribution in [0.4, 0.5) is 0 Å². The van der Waals surface area contributed by atoms with Crippen molar-refractivity contribution in [2.45, 2.75) is 32.2 Å². The first-order valence-corrected chi connectivity index (χ1v) is 11.4. The van der Waals surface area contributed by atoms with Crippen molar-refractivity contribution in [3.63, 3.8) is 0 Å². The Hall–Kier alpha value is -4.46. The molecule has 3 N–H and O–H groups in total. The lowest BCUT2D eigenvalue weighted by atomic mass is 9.93. The summed E-state index contributed by atoms with van der Waals surface area (Å²) in [6, 6.07) is 18.8. The Bertz CT molecular complexity index is 1440. The average Bonchev–Trinajstić information content (AvgIpc) is 3.36. The van der Waals surface area contributed by atoms with Gasteiger partial charge >= 0.3 is 5.97 Å². The molecule has 2 aromatic heterocycles. The fourth-order valence-electron chi connectivity index (χ4n) is 4.23. The topological polar surface area (TPSA) is 122 Å². The molecule has 0 bridgehead atoms. The molecule has 4 aromatic rings. The predicted molar refractivity (Wildman–Crippen MR) is 133 cm³/mol. The molecule has 2 aromatic carbocycles. The molecule has 8 nitrogen and oxygen atoms in total. The van der Waals surface area contributed by atoms with Crippen LogP contribution in [0.15, 0.2) is 75.9 Å². The number of aryl methyl sites for hydroxylation is 2. The number of carbonyl (C=O) groups excluding carboxylic acids is 1. The van der Waals surface area contributed by atoms with Crippen LogP contribution in [0.2, 0.25) is 0 Å². The minimum absolute atomic E-state index is 0.0357. The van der Waals surface area contributed by atoms with Crippen LogP contribution in [0.3, 0.4) is 0 Å². The normalized spacial score (nSPS) is 11.8. The van der Waals surface area contributed by atoms with Crippen molar-refractivity contribution >= 4 is 5.97 Å². The number of methoxy groups -OCH3 is 1. The Morgan fingerprint density at radius 2 is 1.72 bits per heavy atom. The van der Waals surface area contributed by atoms with Gasteiger partial charge in [-0.25, -0.2) is 0 Å². The number of carbonyl (C=O) groups is 1. The van der Waals surface area contributed by atoms with Gasteiger partial charge < -0.3 is 29.0 Å². The van der Waals surface area contributed by atoms with Crippen LogP contribution in [-0.2, 0) is 22.5 Å². The second-order valence-electron chi connectivity index (χ2n) is 8.52. The second-order valence-corrected chi connectivity index (χ2v) is 8.52. The Labute approximate surface area is 207 Å². The van der Waals surface area contributed by atoms with E-state index in [1.54, 1.807) is 25.1 Å². The Balaban J connectivity index is 1.73. The van der Waals surface area contributed by atoms with Crippen molar-refractivity contribution in [2.75, 3.05) is 7.11 Å². The van der Waals surface area contributed by atoms with Crippen LogP contribution in [0.25, 0.3) is 11.3 Å². The third-order valence-electron chi connectivity index (χ3n) is 6.16. The molecule has 2 heterocycles. The quantitative estimate of drug-likeness (QED) is 0.247. The molecule has 0 aliphatic heterocycles. The number of phenolic OH excluding ortho intramolecular Hbond substituents is 2. The van der Waals surface area contributed by atoms with E-state index in [2.05, 4.69) is 0 Å². The summed E-state index contributed by atoms with van der Waals surface area (Å²) < 4.78 is 12.4. The number of phenols is 2. The maximum Gasteiger partial charge on any atom is 0.306 e. The number of nitrogens with zero attached hydrogens (tertiary/aromatic N) is 1. The van der Waals surface area contributed by atoms with E-state index < -0.39 is 17.4 Å². The van der Waals surface area contributed by atoms with E-state index in [1.165, 1.54) is 29.9 Å². The van der Waals surface area contributed by atoms with E-state index in [0.29, 0.717) is 23.6 Å². The molecule has 1 atom stereocenters. The van der Waals surface area contributed by atoms with Crippen molar-refractivity contribution in [1.82, 2.24) is 4.57 Å². The molecule has 186 valence electrons. The fraction of sp³-hybridized carbons (Fsp3) is 0.214. The monoisotopic (exact) mass is 489 g/mol. The molecule has 0 saturated heterocycles. The SMILES string of the molecule is COC(=O)CC(c1ccc(-c2ccccc2)o1)c1c(O)cc(C)n(CCc2ccc(O)c(O)c2)c1=O. The maximum atomic E-state index is 13.6. The van der Waals surface area contributed by atoms with Crippen molar-refractivity contribution in [2.24, 2.45) is 0 Å². The number of ether oxygens (including phenoxy) is 1. The number of hydrogen-bond donors (Lipinski definition) is 3. The first-order valence-electron chi connectivity index (χ1n) is 11.4. The van der Waals surface area contributed by atoms with Gasteiger partial charge in [0.25, 0.3) is 5.56 Å². The first kappa shape index (κ1) is 24.7. The summed E-state index contributed by atoms with van der Waals surface area (Å²) in [4.78, 5) is 25.9. The Morgan fingerprint density at radius 1 is 0.972 bits per heavy atom. The van der Waals surface area contributed by atoms with Gasteiger partial charge in [0.1, 0.15) is 17.3 Å². The number of aromatic nitrogens is 1. The summed E-state index contributed by atoms with van der Waals surface area (Å²) >= 11 is 0. The van der Waals surface area contributed by atoms with E-state index in [1.807, 2.05) is 30.3 Å². The lowest BCUT2D eigenvalue weighted by molar-refractivity contribution is -0.140. The molecule has 0 aliphatic carbocycles. The second kappa shape index (κ2) is 10.4. The minimum Gasteiger partial charge on any atom is -0.507 e. The third-order valence-corrected chi connectivity index (χ3v) is 6.16. The highest BCUT2D eigenvalue weighted by Gasteiger charge is 2.29. The summed E-state index contributed by atoms with van der Waals surface area (Å²) in [5.74, 6) is -1.20. The molecule has 0 aliphatic rings. The summed E-state index contributed by atoms with van der Waals surface area (Å²) in [5.41, 5.74) is 1.67. The van der Waals surface area contributed by atoms with Crippen LogP contribution in [-0.4, -0.2) is 33.0 Å². The molecule has 0 spiro atoms. The Kier molecular flexibility index (Phi) is 7.15. The van der Waals surface area contributed by atoms with Crippen LogP contribution in [0.1, 0.15) is 34.9 Å². The number of rotatable bonds is 8. The standard InChI is InChI=1S/C28H27NO7/c1-17-14-23(32)27(28(34)29(17)13-12-18-8-9-21(30)22(31)15-18)20(16-26(33)35-2)25-11-10-24(36-25)19-6-4-3-5-7-19/h3-11,14-15,20,30-32H,12-13,16H2,1-2H3. The number of benzene rings is 2. The van der Waals surface area contributed by atoms with Gasteiger partial charge in [0.2, 0.25) is 0 Å². The highest BCUT2D eigenvalue weighted by Crippen LogP contribution is 2.35. The summed E-state index contributed by atoms with van der Waals surface area (Å²) in [7, 11) is 1.26. The number of esters is 1. The zero-order chi connectivity index (χ0) is 25.8. The van der Waals surface area contributed by atoms with Gasteiger partial charge in [-0.2, -0.15) is 0 Å². The number of furan rings is 1. The van der Waals surface area contributed by atoms with Crippen LogP contribution < -0.4 is 5.56 Å². The van der Waals surface area contributed by atoms with Crippen molar-refractivity contribution in [1.29, 1.82) is 0 Å². The van der Waals surface area contributed by atoms with Gasteiger partial charge in [-0.15, -0.1) is 0 Å². The lowest BCUT2D eigenvalue weighted by Crippen LogP contribution is -2.29. The number of hydrogen-bond acceptors (Lipinski definition) is 7. The first-order chi connectivity index (χ1) is 17.3. The molecule has 0 amide bonds. The largest absolute Gasteiger partial charge is 0.507 e. The lowest BCUT2D eigenvalue weighted by Gasteiger charge is -2.19. The third kappa shape index (κ3) is 5.12. The van der Waals surface area contributed by atoms with Gasteiger partial charge in [-0.3, -0.25) is 9.59 Å². The van der Waals surface area contributed by atoms with Gasteiger partial charge in [0, 0.05) is 17.8 Å². The molecular weight excluding hydrogens is 462 g/mol. The molecule has 4 rings (SSSR count). The highest BCUT2D eigenvalue weighted by atomic mass is 16.5. The number of pyridine rings is 1. The maximum absolute atomic E-state index is 13.6. The van der Waals surface area contributed by atoms with Crippen LogP contribution in [0, 0.1) is 6.92 Å². The minimum atomic E-state index is -0.869. The van der Waals surface area contributed by atoms with Gasteiger partial charge in [-0.1, -0.05) is 36.4 Å². The molecule has 36 heavy (non-hydrogen) atoms. The van der Waals surface area contributed by atoms with Gasteiger partial charge in [0.15, 0.2) is 11.5 Å². The van der Waals surface area contributed by atoms with Crippen LogP contribution >= 0.6 is 0 Å². The van der Waals surface area contributed by atoms with Gasteiger partial charge in [0.05, 0.1) is 25.0 Å². The number of aromatic hydroxyl groups is 3. The van der Waals surface area contributed by atoms with E-state index >= 15 is 0 Å². The van der Waals surface area contributed by atoms with E-state index in [0.717, 1.165) is 11.1 Å². The molecule has 0 saturated carbocycles. The zero-order valence-electron chi connectivity index (χ0n) is 20.0. The zero-order valence-corrected chi connectivity index (χ0v) is 20.0. The van der Waals surface area contributed by atoms with Crippen molar-refractivity contribution in [3.05, 3.63) is 99.7 Å². The van der Waals surface area contributed by atoms with Crippen LogP contribution in [0.5, 0.6) is 17.2 Å². The van der Waals surface area contributed by atoms with E-state index in [4.69, 9.17) is 9.15 Å². The Morgan fingerprint density at radius 3 is 2.42 bits per heavy atom. The fourth-order valence-corrected chi connectivity index (χ4v) is 4.23. The predicted octanol–water partition coefficient (Wildman–Crippen LogP) is 4.47. The average molecular weight is 490 g/mol. The van der Waals surface area contributed by atoms with E-state index in [9.17, 15) is 24.9 Å². The molecule has 1 unspecified atom stereocenters. The van der Waals surface area contributed by atoms with Gasteiger partial charge in [-0.05, 0) is 49.2 Å². The summed E-state index contributed by atoms with van der Waals surface area (Å²) in [6.45, 7) is 1.95. The highest BCUT2D eigenvalue weighted by molar-refractivity contribution is 5.71. The van der Waals surface area contributed by atoms with Crippen molar-refractivity contribution < 1.29 is 29.3 Å². The summed E-state index contributed by atoms with van der Waals surface area (Å²) in [5, 5.41) is 30.1. The smallest absolute Gasteiger partial charge is 0.306 e. The molecule has 8 heteroatoms. The molecule has 0 fully saturated rings. The molecule has 0 radical (unpaired) electrons. The summed E-state index contributed by atoms with van der Waals surface area (Å²) in [6.07, 6.45) is 0.190. The molecular formula is C28H27NO7. The van der Waals surface area contributed by atoms with E-state index in [-0.39, 0.29) is 35.8 Å². The van der Waals surface area contributed by atoms with Crippen molar-refractivity contribution in [3.8, 4) is 28.6 Å².